The van der Waals surface area contributed by atoms with Crippen molar-refractivity contribution in [2.75, 3.05) is 20.2 Å². The lowest BCUT2D eigenvalue weighted by Crippen LogP contribution is -2.38. The molecule has 0 bridgehead atoms. The Morgan fingerprint density at radius 3 is 2.67 bits per heavy atom. The highest BCUT2D eigenvalue weighted by Crippen LogP contribution is 2.26. The van der Waals surface area contributed by atoms with Gasteiger partial charge in [-0.25, -0.2) is 4.79 Å². The monoisotopic (exact) mass is 432 g/mol. The Labute approximate surface area is 182 Å². The smallest absolute Gasteiger partial charge is 0.354 e. The molecule has 0 saturated carbocycles. The molecule has 1 fully saturated rings. The van der Waals surface area contributed by atoms with E-state index >= 15 is 0 Å². The minimum atomic E-state index is -0.341. The Hall–Kier alpha value is -2.54. The number of rotatable bonds is 6. The Morgan fingerprint density at radius 2 is 2.03 bits per heavy atom. The molecule has 0 unspecified atom stereocenters. The van der Waals surface area contributed by atoms with Crippen LogP contribution in [-0.2, 0) is 16.1 Å². The standard InChI is InChI=1S/C22H29ClN4O3/c1-15(2)14-27-21(23)18(16(3)24-27)7-8-20(28)25-12-9-17(10-13-25)26-11-5-6-19(26)22(29)30-4/h5-8,11,15,17H,9-10,12-14H2,1-4H3. The lowest BCUT2D eigenvalue weighted by molar-refractivity contribution is -0.127. The maximum atomic E-state index is 12.7. The lowest BCUT2D eigenvalue weighted by atomic mass is 10.0. The molecule has 0 radical (unpaired) electrons. The largest absolute Gasteiger partial charge is 0.464 e. The van der Waals surface area contributed by atoms with Gasteiger partial charge in [-0.1, -0.05) is 25.4 Å². The normalized spacial score (nSPS) is 15.3. The van der Waals surface area contributed by atoms with Crippen LogP contribution >= 0.6 is 11.6 Å². The molecule has 0 atom stereocenters. The second kappa shape index (κ2) is 9.51. The first-order chi connectivity index (χ1) is 14.3. The molecule has 3 rings (SSSR count). The van der Waals surface area contributed by atoms with Crippen molar-refractivity contribution in [2.24, 2.45) is 5.92 Å². The zero-order chi connectivity index (χ0) is 21.8. The molecule has 1 saturated heterocycles. The molecular formula is C22H29ClN4O3. The highest BCUT2D eigenvalue weighted by Gasteiger charge is 2.25. The van der Waals surface area contributed by atoms with Gasteiger partial charge in [0.1, 0.15) is 10.8 Å². The molecule has 0 aromatic carbocycles. The fraction of sp³-hybridized carbons (Fsp3) is 0.500. The van der Waals surface area contributed by atoms with Crippen molar-refractivity contribution < 1.29 is 14.3 Å². The molecule has 1 aliphatic rings. The average molecular weight is 433 g/mol. The van der Waals surface area contributed by atoms with Gasteiger partial charge in [0.15, 0.2) is 0 Å². The van der Waals surface area contributed by atoms with Gasteiger partial charge in [0, 0.05) is 43.5 Å². The summed E-state index contributed by atoms with van der Waals surface area (Å²) in [7, 11) is 1.38. The number of carbonyl (C=O) groups excluding carboxylic acids is 2. The highest BCUT2D eigenvalue weighted by atomic mass is 35.5. The van der Waals surface area contributed by atoms with Crippen molar-refractivity contribution in [2.45, 2.75) is 46.2 Å². The molecule has 1 aliphatic heterocycles. The van der Waals surface area contributed by atoms with Crippen molar-refractivity contribution in [1.82, 2.24) is 19.2 Å². The first-order valence-corrected chi connectivity index (χ1v) is 10.6. The molecule has 0 N–H and O–H groups in total. The number of ether oxygens (including phenoxy) is 1. The third-order valence-corrected chi connectivity index (χ3v) is 5.78. The molecule has 8 heteroatoms. The van der Waals surface area contributed by atoms with Gasteiger partial charge in [-0.3, -0.25) is 9.48 Å². The molecule has 1 amide bonds. The SMILES string of the molecule is COC(=O)c1cccn1C1CCN(C(=O)C=Cc2c(C)nn(CC(C)C)c2Cl)CC1. The average Bonchev–Trinajstić information content (AvgIpc) is 3.31. The molecule has 3 heterocycles. The van der Waals surface area contributed by atoms with Gasteiger partial charge in [0.25, 0.3) is 0 Å². The van der Waals surface area contributed by atoms with E-state index in [0.717, 1.165) is 30.6 Å². The predicted molar refractivity (Wildman–Crippen MR) is 116 cm³/mol. The van der Waals surface area contributed by atoms with Crippen LogP contribution in [0.2, 0.25) is 5.15 Å². The van der Waals surface area contributed by atoms with Gasteiger partial charge in [0.05, 0.1) is 12.8 Å². The van der Waals surface area contributed by atoms with Crippen molar-refractivity contribution in [3.63, 3.8) is 0 Å². The van der Waals surface area contributed by atoms with Gasteiger partial charge >= 0.3 is 5.97 Å². The molecule has 7 nitrogen and oxygen atoms in total. The molecule has 162 valence electrons. The summed E-state index contributed by atoms with van der Waals surface area (Å²) in [5.41, 5.74) is 2.15. The molecule has 0 aliphatic carbocycles. The number of likely N-dealkylation sites (tertiary alicyclic amines) is 1. The van der Waals surface area contributed by atoms with Gasteiger partial charge in [-0.2, -0.15) is 5.10 Å². The third kappa shape index (κ3) is 4.78. The quantitative estimate of drug-likeness (QED) is 0.511. The molecule has 2 aromatic rings. The van der Waals surface area contributed by atoms with E-state index < -0.39 is 0 Å². The maximum absolute atomic E-state index is 12.7. The number of carbonyl (C=O) groups is 2. The lowest BCUT2D eigenvalue weighted by Gasteiger charge is -2.32. The first-order valence-electron chi connectivity index (χ1n) is 10.3. The summed E-state index contributed by atoms with van der Waals surface area (Å²) in [6, 6.07) is 3.78. The van der Waals surface area contributed by atoms with E-state index in [1.54, 1.807) is 22.9 Å². The van der Waals surface area contributed by atoms with Gasteiger partial charge in [-0.15, -0.1) is 0 Å². The molecule has 0 spiro atoms. The van der Waals surface area contributed by atoms with Gasteiger partial charge in [0.2, 0.25) is 5.91 Å². The van der Waals surface area contributed by atoms with Crippen LogP contribution in [0.1, 0.15) is 54.5 Å². The van der Waals surface area contributed by atoms with E-state index in [1.807, 2.05) is 28.7 Å². The Kier molecular flexibility index (Phi) is 7.02. The van der Waals surface area contributed by atoms with E-state index in [4.69, 9.17) is 16.3 Å². The zero-order valence-electron chi connectivity index (χ0n) is 18.0. The van der Waals surface area contributed by atoms with Crippen LogP contribution in [0, 0.1) is 12.8 Å². The van der Waals surface area contributed by atoms with E-state index in [2.05, 4.69) is 18.9 Å². The van der Waals surface area contributed by atoms with Crippen LogP contribution in [0.25, 0.3) is 6.08 Å². The van der Waals surface area contributed by atoms with Crippen LogP contribution in [-0.4, -0.2) is 51.3 Å². The number of halogens is 1. The minimum Gasteiger partial charge on any atom is -0.464 e. The van der Waals surface area contributed by atoms with Crippen LogP contribution < -0.4 is 0 Å². The Balaban J connectivity index is 1.62. The summed E-state index contributed by atoms with van der Waals surface area (Å²) in [6.45, 7) is 8.11. The number of methoxy groups -OCH3 is 1. The fourth-order valence-corrected chi connectivity index (χ4v) is 4.14. The van der Waals surface area contributed by atoms with Crippen LogP contribution in [0.5, 0.6) is 0 Å². The summed E-state index contributed by atoms with van der Waals surface area (Å²) in [5.74, 6) is 0.0504. The molecular weight excluding hydrogens is 404 g/mol. The number of hydrogen-bond donors (Lipinski definition) is 0. The number of esters is 1. The van der Waals surface area contributed by atoms with E-state index in [1.165, 1.54) is 7.11 Å². The molecule has 30 heavy (non-hydrogen) atoms. The topological polar surface area (TPSA) is 69.4 Å². The van der Waals surface area contributed by atoms with Gasteiger partial charge < -0.3 is 14.2 Å². The third-order valence-electron chi connectivity index (χ3n) is 5.38. The highest BCUT2D eigenvalue weighted by molar-refractivity contribution is 6.31. The second-order valence-corrected chi connectivity index (χ2v) is 8.41. The van der Waals surface area contributed by atoms with Crippen LogP contribution in [0.15, 0.2) is 24.4 Å². The summed E-state index contributed by atoms with van der Waals surface area (Å²) in [6.07, 6.45) is 6.80. The van der Waals surface area contributed by atoms with Crippen LogP contribution in [0.4, 0.5) is 0 Å². The number of hydrogen-bond acceptors (Lipinski definition) is 4. The summed E-state index contributed by atoms with van der Waals surface area (Å²) in [4.78, 5) is 26.4. The van der Waals surface area contributed by atoms with Crippen LogP contribution in [0.3, 0.4) is 0 Å². The van der Waals surface area contributed by atoms with Crippen molar-refractivity contribution in [1.29, 1.82) is 0 Å². The first kappa shape index (κ1) is 22.2. The number of aromatic nitrogens is 3. The number of piperidine rings is 1. The van der Waals surface area contributed by atoms with E-state index in [-0.39, 0.29) is 17.9 Å². The van der Waals surface area contributed by atoms with E-state index in [9.17, 15) is 9.59 Å². The van der Waals surface area contributed by atoms with Crippen molar-refractivity contribution in [3.05, 3.63) is 46.5 Å². The minimum absolute atomic E-state index is 0.0405. The molecule has 2 aromatic heterocycles. The van der Waals surface area contributed by atoms with Crippen molar-refractivity contribution in [3.8, 4) is 0 Å². The number of aryl methyl sites for hydroxylation is 1. The van der Waals surface area contributed by atoms with Crippen molar-refractivity contribution >= 4 is 29.6 Å². The Morgan fingerprint density at radius 1 is 1.33 bits per heavy atom. The maximum Gasteiger partial charge on any atom is 0.354 e. The number of amides is 1. The summed E-state index contributed by atoms with van der Waals surface area (Å²) in [5, 5.41) is 5.04. The summed E-state index contributed by atoms with van der Waals surface area (Å²) >= 11 is 6.46. The predicted octanol–water partition coefficient (Wildman–Crippen LogP) is 3.97. The van der Waals surface area contributed by atoms with Gasteiger partial charge in [-0.05, 0) is 43.9 Å². The number of nitrogens with zero attached hydrogens (tertiary/aromatic N) is 4. The van der Waals surface area contributed by atoms with E-state index in [0.29, 0.717) is 29.9 Å². The fourth-order valence-electron chi connectivity index (χ4n) is 3.84. The second-order valence-electron chi connectivity index (χ2n) is 8.05. The Bertz CT molecular complexity index is 936. The zero-order valence-corrected chi connectivity index (χ0v) is 18.7. The summed E-state index contributed by atoms with van der Waals surface area (Å²) < 4.78 is 8.59.